The zero-order valence-electron chi connectivity index (χ0n) is 15.5. The van der Waals surface area contributed by atoms with Crippen molar-refractivity contribution < 1.29 is 22.8 Å². The van der Waals surface area contributed by atoms with Crippen molar-refractivity contribution in [1.29, 1.82) is 0 Å². The third-order valence-corrected chi connectivity index (χ3v) is 6.11. The zero-order valence-corrected chi connectivity index (χ0v) is 16.3. The minimum Gasteiger partial charge on any atom is -0.325 e. The molecule has 1 unspecified atom stereocenters. The molecule has 5 nitrogen and oxygen atoms in total. The van der Waals surface area contributed by atoms with Gasteiger partial charge in [-0.1, -0.05) is 12.1 Å². The van der Waals surface area contributed by atoms with Crippen molar-refractivity contribution in [2.24, 2.45) is 5.92 Å². The van der Waals surface area contributed by atoms with Crippen molar-refractivity contribution in [3.05, 3.63) is 24.3 Å². The van der Waals surface area contributed by atoms with E-state index >= 15 is 0 Å². The second-order valence-electron chi connectivity index (χ2n) is 7.15. The Morgan fingerprint density at radius 2 is 1.75 bits per heavy atom. The van der Waals surface area contributed by atoms with Gasteiger partial charge in [-0.15, -0.1) is 11.8 Å². The zero-order chi connectivity index (χ0) is 20.1. The molecule has 2 saturated heterocycles. The molecular weight excluding hydrogens is 391 g/mol. The number of likely N-dealkylation sites (tertiary alicyclic amines) is 2. The summed E-state index contributed by atoms with van der Waals surface area (Å²) in [5, 5.41) is 2.77. The number of anilines is 1. The molecule has 0 aliphatic carbocycles. The van der Waals surface area contributed by atoms with Crippen molar-refractivity contribution in [3.63, 3.8) is 0 Å². The number of carbonyl (C=O) groups excluding carboxylic acids is 2. The monoisotopic (exact) mass is 415 g/mol. The van der Waals surface area contributed by atoms with Gasteiger partial charge >= 0.3 is 12.2 Å². The number of nitrogens with zero attached hydrogens (tertiary/aromatic N) is 2. The molecule has 2 fully saturated rings. The van der Waals surface area contributed by atoms with E-state index in [2.05, 4.69) is 5.32 Å². The summed E-state index contributed by atoms with van der Waals surface area (Å²) >= 11 is 0.654. The van der Waals surface area contributed by atoms with Gasteiger partial charge in [0.1, 0.15) is 0 Å². The lowest BCUT2D eigenvalue weighted by molar-refractivity contribution is -0.121. The van der Waals surface area contributed by atoms with Gasteiger partial charge in [-0.05, 0) is 37.8 Å². The number of rotatable bonds is 4. The largest absolute Gasteiger partial charge is 0.398 e. The SMILES string of the molecule is O=C(Nc1ccccc1SCC(F)(F)F)C1CCCN(C(=O)N2CCCC2)C1. The molecule has 0 aromatic heterocycles. The van der Waals surface area contributed by atoms with Crippen molar-refractivity contribution in [3.8, 4) is 0 Å². The third-order valence-electron chi connectivity index (χ3n) is 4.98. The number of hydrogen-bond donors (Lipinski definition) is 1. The number of amides is 3. The van der Waals surface area contributed by atoms with Gasteiger partial charge in [0.2, 0.25) is 5.91 Å². The Morgan fingerprint density at radius 3 is 2.46 bits per heavy atom. The summed E-state index contributed by atoms with van der Waals surface area (Å²) in [7, 11) is 0. The first kappa shape index (κ1) is 20.8. The average Bonchev–Trinajstić information content (AvgIpc) is 3.21. The van der Waals surface area contributed by atoms with E-state index in [0.29, 0.717) is 41.9 Å². The van der Waals surface area contributed by atoms with Gasteiger partial charge in [-0.2, -0.15) is 13.2 Å². The van der Waals surface area contributed by atoms with Gasteiger partial charge in [0.25, 0.3) is 0 Å². The maximum Gasteiger partial charge on any atom is 0.398 e. The number of benzene rings is 1. The van der Waals surface area contributed by atoms with E-state index in [0.717, 1.165) is 32.4 Å². The van der Waals surface area contributed by atoms with Crippen molar-refractivity contribution in [2.45, 2.75) is 36.8 Å². The highest BCUT2D eigenvalue weighted by atomic mass is 32.2. The molecule has 1 N–H and O–H groups in total. The van der Waals surface area contributed by atoms with E-state index in [-0.39, 0.29) is 17.9 Å². The number of halogens is 3. The molecule has 2 heterocycles. The Bertz CT molecular complexity index is 708. The number of thioether (sulfide) groups is 1. The Balaban J connectivity index is 1.60. The number of urea groups is 1. The number of hydrogen-bond acceptors (Lipinski definition) is 3. The fourth-order valence-electron chi connectivity index (χ4n) is 3.56. The molecule has 3 amide bonds. The molecular formula is C19H24F3N3O2S. The summed E-state index contributed by atoms with van der Waals surface area (Å²) in [6, 6.07) is 6.47. The second-order valence-corrected chi connectivity index (χ2v) is 8.17. The second kappa shape index (κ2) is 9.07. The quantitative estimate of drug-likeness (QED) is 0.750. The topological polar surface area (TPSA) is 52.7 Å². The molecule has 9 heteroatoms. The third kappa shape index (κ3) is 5.56. The fourth-order valence-corrected chi connectivity index (χ4v) is 4.33. The number of para-hydroxylation sites is 1. The summed E-state index contributed by atoms with van der Waals surface area (Å²) in [4.78, 5) is 29.2. The molecule has 0 bridgehead atoms. The van der Waals surface area contributed by atoms with Crippen LogP contribution in [0.4, 0.5) is 23.7 Å². The summed E-state index contributed by atoms with van der Waals surface area (Å²) < 4.78 is 37.6. The van der Waals surface area contributed by atoms with Crippen molar-refractivity contribution >= 4 is 29.4 Å². The van der Waals surface area contributed by atoms with Crippen LogP contribution in [0, 0.1) is 5.92 Å². The van der Waals surface area contributed by atoms with E-state index in [1.165, 1.54) is 0 Å². The van der Waals surface area contributed by atoms with Crippen LogP contribution in [0.2, 0.25) is 0 Å². The molecule has 0 radical (unpaired) electrons. The van der Waals surface area contributed by atoms with Crippen LogP contribution in [0.25, 0.3) is 0 Å². The lowest BCUT2D eigenvalue weighted by Crippen LogP contribution is -2.48. The number of nitrogens with one attached hydrogen (secondary N) is 1. The molecule has 0 spiro atoms. The molecule has 0 saturated carbocycles. The molecule has 2 aliphatic rings. The highest BCUT2D eigenvalue weighted by Crippen LogP contribution is 2.32. The van der Waals surface area contributed by atoms with Crippen molar-refractivity contribution in [2.75, 3.05) is 37.2 Å². The fraction of sp³-hybridized carbons (Fsp3) is 0.579. The summed E-state index contributed by atoms with van der Waals surface area (Å²) in [5.74, 6) is -1.62. The Labute approximate surface area is 166 Å². The van der Waals surface area contributed by atoms with Crippen molar-refractivity contribution in [1.82, 2.24) is 9.80 Å². The van der Waals surface area contributed by atoms with Crippen LogP contribution in [0.15, 0.2) is 29.2 Å². The molecule has 1 aromatic carbocycles. The Hall–Kier alpha value is -1.90. The van der Waals surface area contributed by atoms with Crippen LogP contribution >= 0.6 is 11.8 Å². The van der Waals surface area contributed by atoms with Crippen LogP contribution in [-0.4, -0.2) is 59.8 Å². The predicted octanol–water partition coefficient (Wildman–Crippen LogP) is 4.21. The predicted molar refractivity (Wildman–Crippen MR) is 102 cm³/mol. The van der Waals surface area contributed by atoms with Crippen LogP contribution in [0.1, 0.15) is 25.7 Å². The lowest BCUT2D eigenvalue weighted by atomic mass is 9.97. The smallest absolute Gasteiger partial charge is 0.325 e. The van der Waals surface area contributed by atoms with Gasteiger partial charge in [0, 0.05) is 31.1 Å². The molecule has 28 heavy (non-hydrogen) atoms. The van der Waals surface area contributed by atoms with Gasteiger partial charge in [-0.25, -0.2) is 4.79 Å². The summed E-state index contributed by atoms with van der Waals surface area (Å²) in [6.45, 7) is 2.50. The van der Waals surface area contributed by atoms with E-state index in [4.69, 9.17) is 0 Å². The van der Waals surface area contributed by atoms with Gasteiger partial charge in [0.05, 0.1) is 17.4 Å². The number of carbonyl (C=O) groups is 2. The standard InChI is InChI=1S/C19H24F3N3O2S/c20-19(21,22)13-28-16-8-2-1-7-15(16)23-17(26)14-6-5-11-25(12-14)18(27)24-9-3-4-10-24/h1-2,7-8,14H,3-6,9-13H2,(H,23,26). The van der Waals surface area contributed by atoms with Crippen LogP contribution < -0.4 is 5.32 Å². The highest BCUT2D eigenvalue weighted by Gasteiger charge is 2.32. The molecule has 1 atom stereocenters. The highest BCUT2D eigenvalue weighted by molar-refractivity contribution is 7.99. The minimum atomic E-state index is -4.28. The number of piperidine rings is 1. The molecule has 1 aromatic rings. The van der Waals surface area contributed by atoms with Gasteiger partial charge in [0.15, 0.2) is 0 Å². The average molecular weight is 415 g/mol. The molecule has 3 rings (SSSR count). The normalized spacial score (nSPS) is 20.3. The van der Waals surface area contributed by atoms with Gasteiger partial charge in [-0.3, -0.25) is 4.79 Å². The summed E-state index contributed by atoms with van der Waals surface area (Å²) in [5.41, 5.74) is 0.379. The first-order valence-corrected chi connectivity index (χ1v) is 10.5. The van der Waals surface area contributed by atoms with E-state index in [1.807, 2.05) is 4.90 Å². The minimum absolute atomic E-state index is 0.0175. The number of alkyl halides is 3. The van der Waals surface area contributed by atoms with Crippen LogP contribution in [0.3, 0.4) is 0 Å². The Kier molecular flexibility index (Phi) is 6.74. The van der Waals surface area contributed by atoms with Crippen LogP contribution in [0.5, 0.6) is 0 Å². The first-order chi connectivity index (χ1) is 13.3. The van der Waals surface area contributed by atoms with E-state index < -0.39 is 11.9 Å². The van der Waals surface area contributed by atoms with Crippen LogP contribution in [-0.2, 0) is 4.79 Å². The Morgan fingerprint density at radius 1 is 1.07 bits per heavy atom. The lowest BCUT2D eigenvalue weighted by Gasteiger charge is -2.34. The van der Waals surface area contributed by atoms with Gasteiger partial charge < -0.3 is 15.1 Å². The maximum absolute atomic E-state index is 12.7. The maximum atomic E-state index is 12.7. The van der Waals surface area contributed by atoms with E-state index in [1.54, 1.807) is 29.2 Å². The molecule has 2 aliphatic heterocycles. The first-order valence-electron chi connectivity index (χ1n) is 9.47. The van der Waals surface area contributed by atoms with E-state index in [9.17, 15) is 22.8 Å². The summed E-state index contributed by atoms with van der Waals surface area (Å²) in [6.07, 6.45) is -0.858. The molecule has 154 valence electrons.